The second-order valence-corrected chi connectivity index (χ2v) is 9.67. The summed E-state index contributed by atoms with van der Waals surface area (Å²) in [4.78, 5) is 40.9. The number of carboxylic acids is 1. The molecule has 0 fully saturated rings. The number of benzene rings is 2. The summed E-state index contributed by atoms with van der Waals surface area (Å²) >= 11 is 0. The lowest BCUT2D eigenvalue weighted by Crippen LogP contribution is -2.34. The van der Waals surface area contributed by atoms with Crippen LogP contribution in [0, 0.1) is 17.5 Å². The summed E-state index contributed by atoms with van der Waals surface area (Å²) in [7, 11) is 0. The smallest absolute Gasteiger partial charge is 0.356 e. The summed E-state index contributed by atoms with van der Waals surface area (Å²) in [5, 5.41) is 16.2. The number of halogens is 3. The molecule has 0 spiro atoms. The summed E-state index contributed by atoms with van der Waals surface area (Å²) in [6.45, 7) is 3.29. The van der Waals surface area contributed by atoms with Gasteiger partial charge in [0.2, 0.25) is 5.91 Å². The van der Waals surface area contributed by atoms with Crippen LogP contribution >= 0.6 is 0 Å². The average molecular weight is 566 g/mol. The summed E-state index contributed by atoms with van der Waals surface area (Å²) < 4.78 is 43.5. The molecular weight excluding hydrogens is 539 g/mol. The van der Waals surface area contributed by atoms with Crippen LogP contribution in [0.3, 0.4) is 0 Å². The van der Waals surface area contributed by atoms with Gasteiger partial charge in [0, 0.05) is 23.5 Å². The van der Waals surface area contributed by atoms with E-state index in [4.69, 9.17) is 5.73 Å². The third-order valence-corrected chi connectivity index (χ3v) is 6.32. The molecule has 1 atom stereocenters. The van der Waals surface area contributed by atoms with Crippen molar-refractivity contribution >= 4 is 17.8 Å². The summed E-state index contributed by atoms with van der Waals surface area (Å²) in [6.07, 6.45) is 1.36. The Labute approximate surface area is 232 Å². The van der Waals surface area contributed by atoms with E-state index in [0.717, 1.165) is 24.3 Å². The van der Waals surface area contributed by atoms with Crippen molar-refractivity contribution in [1.29, 1.82) is 0 Å². The van der Waals surface area contributed by atoms with E-state index >= 15 is 0 Å². The molecule has 1 unspecified atom stereocenters. The second kappa shape index (κ2) is 12.0. The Balaban J connectivity index is 1.75. The Morgan fingerprint density at radius 3 is 2.37 bits per heavy atom. The molecule has 4 rings (SSSR count). The third-order valence-electron chi connectivity index (χ3n) is 6.32. The van der Waals surface area contributed by atoms with E-state index in [2.05, 4.69) is 15.4 Å². The van der Waals surface area contributed by atoms with Crippen molar-refractivity contribution in [2.45, 2.75) is 38.8 Å². The van der Waals surface area contributed by atoms with Gasteiger partial charge in [-0.1, -0.05) is 26.0 Å². The van der Waals surface area contributed by atoms with Crippen molar-refractivity contribution < 1.29 is 32.7 Å². The molecule has 0 aliphatic heterocycles. The molecule has 0 saturated heterocycles. The maximum absolute atomic E-state index is 14.2. The quantitative estimate of drug-likeness (QED) is 0.261. The van der Waals surface area contributed by atoms with Crippen molar-refractivity contribution in [1.82, 2.24) is 20.1 Å². The lowest BCUT2D eigenvalue weighted by Gasteiger charge is -2.22. The molecule has 0 bridgehead atoms. The molecule has 4 aromatic rings. The largest absolute Gasteiger partial charge is 0.476 e. The van der Waals surface area contributed by atoms with Gasteiger partial charge in [0.1, 0.15) is 24.0 Å². The Bertz CT molecular complexity index is 1620. The highest BCUT2D eigenvalue weighted by Gasteiger charge is 2.24. The van der Waals surface area contributed by atoms with Gasteiger partial charge >= 0.3 is 5.97 Å². The zero-order valence-electron chi connectivity index (χ0n) is 22.1. The van der Waals surface area contributed by atoms with Crippen LogP contribution in [-0.4, -0.2) is 37.7 Å². The fourth-order valence-corrected chi connectivity index (χ4v) is 4.50. The van der Waals surface area contributed by atoms with Crippen LogP contribution in [0.5, 0.6) is 0 Å². The maximum Gasteiger partial charge on any atom is 0.356 e. The monoisotopic (exact) mass is 565 g/mol. The minimum absolute atomic E-state index is 0.0924. The number of amides is 2. The SMILES string of the molecule is CC(C)c1cc(C(=O)O)nn1CC(=O)NC(Cc1cc(F)cc(F)c1)c1ncccc1-c1ccc(F)c(C(N)=O)c1. The normalized spacial score (nSPS) is 11.9. The van der Waals surface area contributed by atoms with Gasteiger partial charge in [0.05, 0.1) is 17.3 Å². The van der Waals surface area contributed by atoms with Gasteiger partial charge in [-0.25, -0.2) is 18.0 Å². The molecule has 9 nitrogen and oxygen atoms in total. The van der Waals surface area contributed by atoms with Gasteiger partial charge in [-0.05, 0) is 59.9 Å². The molecule has 2 aromatic heterocycles. The first-order valence-corrected chi connectivity index (χ1v) is 12.5. The zero-order valence-corrected chi connectivity index (χ0v) is 22.1. The number of pyridine rings is 1. The second-order valence-electron chi connectivity index (χ2n) is 9.67. The van der Waals surface area contributed by atoms with Crippen LogP contribution in [-0.2, 0) is 17.8 Å². The first kappa shape index (κ1) is 29.0. The number of nitrogens with two attached hydrogens (primary N) is 1. The Morgan fingerprint density at radius 2 is 1.73 bits per heavy atom. The molecule has 0 saturated carbocycles. The van der Waals surface area contributed by atoms with E-state index < -0.39 is 41.3 Å². The van der Waals surface area contributed by atoms with Crippen LogP contribution in [0.25, 0.3) is 11.1 Å². The third kappa shape index (κ3) is 6.78. The van der Waals surface area contributed by atoms with Gasteiger partial charge < -0.3 is 16.2 Å². The van der Waals surface area contributed by atoms with E-state index in [-0.39, 0.29) is 41.4 Å². The number of rotatable bonds is 10. The summed E-state index contributed by atoms with van der Waals surface area (Å²) in [6, 6.07) is 10.4. The molecule has 0 aliphatic rings. The molecule has 0 aliphatic carbocycles. The maximum atomic E-state index is 14.2. The predicted octanol–water partition coefficient (Wildman–Crippen LogP) is 4.38. The topological polar surface area (TPSA) is 140 Å². The highest BCUT2D eigenvalue weighted by Crippen LogP contribution is 2.30. The van der Waals surface area contributed by atoms with E-state index in [0.29, 0.717) is 16.8 Å². The minimum Gasteiger partial charge on any atom is -0.476 e. The first-order valence-electron chi connectivity index (χ1n) is 12.5. The van der Waals surface area contributed by atoms with Crippen LogP contribution in [0.2, 0.25) is 0 Å². The number of aromatic nitrogens is 3. The molecule has 2 heterocycles. The molecule has 212 valence electrons. The standard InChI is InChI=1S/C29H26F3N5O4/c1-15(2)25-13-24(29(40)41)36-37(25)14-26(38)35-23(10-16-8-18(30)12-19(31)9-16)27-20(4-3-7-34-27)17-5-6-22(32)21(11-17)28(33)39/h3-9,11-13,15,23H,10,14H2,1-2H3,(H2,33,39)(H,35,38)(H,40,41). The number of carbonyl (C=O) groups excluding carboxylic acids is 2. The molecule has 0 radical (unpaired) electrons. The number of hydrogen-bond donors (Lipinski definition) is 3. The van der Waals surface area contributed by atoms with Crippen molar-refractivity contribution in [3.63, 3.8) is 0 Å². The van der Waals surface area contributed by atoms with Gasteiger partial charge in [0.15, 0.2) is 5.69 Å². The number of carbonyl (C=O) groups is 3. The number of hydrogen-bond acceptors (Lipinski definition) is 5. The van der Waals surface area contributed by atoms with E-state index in [9.17, 15) is 32.7 Å². The number of aromatic carboxylic acids is 1. The van der Waals surface area contributed by atoms with Crippen LogP contribution < -0.4 is 11.1 Å². The lowest BCUT2D eigenvalue weighted by molar-refractivity contribution is -0.122. The minimum atomic E-state index is -1.25. The van der Waals surface area contributed by atoms with Crippen molar-refractivity contribution in [3.8, 4) is 11.1 Å². The Hall–Kier alpha value is -5.00. The first-order chi connectivity index (χ1) is 19.4. The van der Waals surface area contributed by atoms with Gasteiger partial charge in [-0.3, -0.25) is 19.3 Å². The summed E-state index contributed by atoms with van der Waals surface area (Å²) in [5.41, 5.74) is 6.53. The fourth-order valence-electron chi connectivity index (χ4n) is 4.50. The molecule has 12 heteroatoms. The predicted molar refractivity (Wildman–Crippen MR) is 142 cm³/mol. The van der Waals surface area contributed by atoms with E-state index in [1.165, 1.54) is 29.1 Å². The van der Waals surface area contributed by atoms with Crippen molar-refractivity contribution in [3.05, 3.63) is 106 Å². The molecule has 2 aromatic carbocycles. The highest BCUT2D eigenvalue weighted by molar-refractivity contribution is 5.94. The Kier molecular flexibility index (Phi) is 8.51. The van der Waals surface area contributed by atoms with Gasteiger partial charge in [-0.15, -0.1) is 0 Å². The zero-order chi connectivity index (χ0) is 29.8. The molecular formula is C29H26F3N5O4. The lowest BCUT2D eigenvalue weighted by atomic mass is 9.94. The number of nitrogens with zero attached hydrogens (tertiary/aromatic N) is 3. The Morgan fingerprint density at radius 1 is 1.02 bits per heavy atom. The van der Waals surface area contributed by atoms with Gasteiger partial charge in [0.25, 0.3) is 5.91 Å². The van der Waals surface area contributed by atoms with Crippen LogP contribution in [0.1, 0.15) is 63.6 Å². The molecule has 41 heavy (non-hydrogen) atoms. The number of nitrogens with one attached hydrogen (secondary N) is 1. The number of carboxylic acid groups (broad SMARTS) is 1. The van der Waals surface area contributed by atoms with E-state index in [1.54, 1.807) is 12.1 Å². The summed E-state index contributed by atoms with van der Waals surface area (Å²) in [5.74, 6) is -5.38. The number of primary amides is 1. The van der Waals surface area contributed by atoms with Crippen LogP contribution in [0.15, 0.2) is 60.8 Å². The van der Waals surface area contributed by atoms with Crippen LogP contribution in [0.4, 0.5) is 13.2 Å². The molecule has 4 N–H and O–H groups in total. The molecule has 2 amide bonds. The van der Waals surface area contributed by atoms with E-state index in [1.807, 2.05) is 13.8 Å². The fraction of sp³-hybridized carbons (Fsp3) is 0.207. The van der Waals surface area contributed by atoms with Crippen molar-refractivity contribution in [2.24, 2.45) is 5.73 Å². The van der Waals surface area contributed by atoms with Crippen molar-refractivity contribution in [2.75, 3.05) is 0 Å². The van der Waals surface area contributed by atoms with Gasteiger partial charge in [-0.2, -0.15) is 5.10 Å². The average Bonchev–Trinajstić information content (AvgIpc) is 3.32. The highest BCUT2D eigenvalue weighted by atomic mass is 19.1.